The van der Waals surface area contributed by atoms with Crippen LogP contribution in [0.1, 0.15) is 12.8 Å². The molecule has 1 atom stereocenters. The fraction of sp³-hybridized carbons (Fsp3) is 0.526. The van der Waals surface area contributed by atoms with Crippen molar-refractivity contribution < 1.29 is 23.9 Å². The van der Waals surface area contributed by atoms with Crippen LogP contribution in [0.15, 0.2) is 24.3 Å². The van der Waals surface area contributed by atoms with E-state index in [0.717, 1.165) is 12.8 Å². The lowest BCUT2D eigenvalue weighted by atomic mass is 10.2. The van der Waals surface area contributed by atoms with E-state index in [1.165, 1.54) is 0 Å². The van der Waals surface area contributed by atoms with Crippen molar-refractivity contribution in [1.29, 1.82) is 0 Å². The number of para-hydroxylation sites is 2. The molecule has 3 aliphatic rings. The lowest BCUT2D eigenvalue weighted by Crippen LogP contribution is -2.55. The summed E-state index contributed by atoms with van der Waals surface area (Å²) in [5, 5.41) is 5.07. The van der Waals surface area contributed by atoms with Crippen LogP contribution in [0.5, 0.6) is 11.5 Å². The normalized spacial score (nSPS) is 21.7. The minimum atomic E-state index is -0.657. The Labute approximate surface area is 162 Å². The van der Waals surface area contributed by atoms with E-state index in [2.05, 4.69) is 10.6 Å². The zero-order chi connectivity index (χ0) is 19.5. The van der Waals surface area contributed by atoms with Crippen LogP contribution >= 0.6 is 0 Å². The monoisotopic (exact) mass is 388 g/mol. The largest absolute Gasteiger partial charge is 0.485 e. The van der Waals surface area contributed by atoms with Crippen LogP contribution in [0.4, 0.5) is 4.79 Å². The molecule has 2 fully saturated rings. The highest BCUT2D eigenvalue weighted by atomic mass is 16.6. The van der Waals surface area contributed by atoms with Crippen molar-refractivity contribution in [3.63, 3.8) is 0 Å². The molecular weight excluding hydrogens is 364 g/mol. The van der Waals surface area contributed by atoms with Gasteiger partial charge in [-0.15, -0.1) is 0 Å². The number of benzene rings is 1. The number of carbonyl (C=O) groups excluding carboxylic acids is 3. The van der Waals surface area contributed by atoms with Gasteiger partial charge in [-0.2, -0.15) is 0 Å². The Kier molecular flexibility index (Phi) is 5.34. The second kappa shape index (κ2) is 8.05. The van der Waals surface area contributed by atoms with E-state index in [1.54, 1.807) is 11.0 Å². The van der Waals surface area contributed by atoms with Crippen LogP contribution in [0.25, 0.3) is 0 Å². The summed E-state index contributed by atoms with van der Waals surface area (Å²) < 4.78 is 11.4. The number of nitrogens with zero attached hydrogens (tertiary/aromatic N) is 2. The van der Waals surface area contributed by atoms with Crippen LogP contribution in [0, 0.1) is 0 Å². The van der Waals surface area contributed by atoms with Gasteiger partial charge in [-0.3, -0.25) is 19.8 Å². The number of amides is 4. The number of fused-ring (bicyclic) bond motifs is 1. The topological polar surface area (TPSA) is 100 Å². The zero-order valence-corrected chi connectivity index (χ0v) is 15.6. The third-order valence-electron chi connectivity index (χ3n) is 5.00. The summed E-state index contributed by atoms with van der Waals surface area (Å²) in [6, 6.07) is 7.06. The Morgan fingerprint density at radius 2 is 1.75 bits per heavy atom. The van der Waals surface area contributed by atoms with Gasteiger partial charge in [0.05, 0.1) is 6.54 Å². The second-order valence-corrected chi connectivity index (χ2v) is 7.26. The van der Waals surface area contributed by atoms with Gasteiger partial charge >= 0.3 is 6.03 Å². The molecule has 0 bridgehead atoms. The lowest BCUT2D eigenvalue weighted by Gasteiger charge is -2.36. The smallest absolute Gasteiger partial charge is 0.321 e. The fourth-order valence-electron chi connectivity index (χ4n) is 3.29. The third-order valence-corrected chi connectivity index (χ3v) is 5.00. The summed E-state index contributed by atoms with van der Waals surface area (Å²) in [6.45, 7) is 2.45. The van der Waals surface area contributed by atoms with Gasteiger partial charge in [0.25, 0.3) is 5.91 Å². The Hall–Kier alpha value is -2.81. The summed E-state index contributed by atoms with van der Waals surface area (Å²) in [5.41, 5.74) is 0. The van der Waals surface area contributed by atoms with Crippen molar-refractivity contribution in [3.05, 3.63) is 24.3 Å². The van der Waals surface area contributed by atoms with E-state index in [-0.39, 0.29) is 31.0 Å². The molecule has 2 N–H and O–H groups in total. The standard InChI is InChI=1S/C19H24N4O5/c24-17(21-19(26)20-13-5-6-13)11-22-7-9-23(10-8-22)18(25)16-12-27-14-3-1-2-4-15(14)28-16/h1-4,13,16H,5-12H2,(H2,20,21,24,26)/t16-/m0/s1. The van der Waals surface area contributed by atoms with E-state index in [9.17, 15) is 14.4 Å². The number of nitrogens with one attached hydrogen (secondary N) is 2. The Morgan fingerprint density at radius 3 is 2.46 bits per heavy atom. The molecule has 28 heavy (non-hydrogen) atoms. The van der Waals surface area contributed by atoms with Gasteiger partial charge in [-0.05, 0) is 25.0 Å². The quantitative estimate of drug-likeness (QED) is 0.751. The Morgan fingerprint density at radius 1 is 1.04 bits per heavy atom. The molecule has 9 heteroatoms. The van der Waals surface area contributed by atoms with Crippen molar-refractivity contribution in [2.45, 2.75) is 25.0 Å². The number of imide groups is 1. The van der Waals surface area contributed by atoms with Crippen LogP contribution in [-0.2, 0) is 9.59 Å². The molecular formula is C19H24N4O5. The van der Waals surface area contributed by atoms with Gasteiger partial charge in [-0.25, -0.2) is 4.79 Å². The summed E-state index contributed by atoms with van der Waals surface area (Å²) in [6.07, 6.45) is 1.29. The highest BCUT2D eigenvalue weighted by Crippen LogP contribution is 2.31. The number of hydrogen-bond donors (Lipinski definition) is 2. The number of carbonyl (C=O) groups is 3. The molecule has 0 spiro atoms. The van der Waals surface area contributed by atoms with E-state index >= 15 is 0 Å². The molecule has 0 unspecified atom stereocenters. The lowest BCUT2D eigenvalue weighted by molar-refractivity contribution is -0.143. The Balaban J connectivity index is 1.21. The molecule has 2 heterocycles. The predicted molar refractivity (Wildman–Crippen MR) is 99.1 cm³/mol. The first-order chi connectivity index (χ1) is 13.6. The number of piperazine rings is 1. The van der Waals surface area contributed by atoms with Gasteiger partial charge in [0, 0.05) is 32.2 Å². The highest BCUT2D eigenvalue weighted by Gasteiger charge is 2.33. The third kappa shape index (κ3) is 4.53. The van der Waals surface area contributed by atoms with Gasteiger partial charge in [-0.1, -0.05) is 12.1 Å². The molecule has 4 amide bonds. The molecule has 1 saturated heterocycles. The minimum absolute atomic E-state index is 0.109. The first-order valence-corrected chi connectivity index (χ1v) is 9.58. The average Bonchev–Trinajstić information content (AvgIpc) is 3.51. The molecule has 2 aliphatic heterocycles. The van der Waals surface area contributed by atoms with Crippen molar-refractivity contribution in [3.8, 4) is 11.5 Å². The first kappa shape index (κ1) is 18.5. The van der Waals surface area contributed by atoms with Crippen molar-refractivity contribution in [1.82, 2.24) is 20.4 Å². The second-order valence-electron chi connectivity index (χ2n) is 7.26. The van der Waals surface area contributed by atoms with E-state index in [4.69, 9.17) is 9.47 Å². The fourth-order valence-corrected chi connectivity index (χ4v) is 3.29. The summed E-state index contributed by atoms with van der Waals surface area (Å²) in [5.74, 6) is 0.779. The molecule has 1 saturated carbocycles. The zero-order valence-electron chi connectivity index (χ0n) is 15.6. The molecule has 1 aromatic carbocycles. The van der Waals surface area contributed by atoms with Crippen molar-refractivity contribution in [2.75, 3.05) is 39.3 Å². The number of hydrogen-bond acceptors (Lipinski definition) is 6. The van der Waals surface area contributed by atoms with Gasteiger partial charge in [0.15, 0.2) is 11.5 Å². The maximum absolute atomic E-state index is 12.7. The van der Waals surface area contributed by atoms with Crippen molar-refractivity contribution >= 4 is 17.8 Å². The number of ether oxygens (including phenoxy) is 2. The number of urea groups is 1. The molecule has 150 valence electrons. The van der Waals surface area contributed by atoms with E-state index < -0.39 is 12.1 Å². The molecule has 4 rings (SSSR count). The van der Waals surface area contributed by atoms with Crippen molar-refractivity contribution in [2.24, 2.45) is 0 Å². The minimum Gasteiger partial charge on any atom is -0.485 e. The number of rotatable bonds is 4. The van der Waals surface area contributed by atoms with E-state index in [1.807, 2.05) is 23.1 Å². The summed E-state index contributed by atoms with van der Waals surface area (Å²) in [4.78, 5) is 40.0. The van der Waals surface area contributed by atoms with Crippen LogP contribution in [0.2, 0.25) is 0 Å². The van der Waals surface area contributed by atoms with Crippen LogP contribution < -0.4 is 20.1 Å². The molecule has 0 radical (unpaired) electrons. The maximum Gasteiger partial charge on any atom is 0.321 e. The molecule has 9 nitrogen and oxygen atoms in total. The highest BCUT2D eigenvalue weighted by molar-refractivity contribution is 5.95. The first-order valence-electron chi connectivity index (χ1n) is 9.58. The van der Waals surface area contributed by atoms with Gasteiger partial charge in [0.2, 0.25) is 12.0 Å². The maximum atomic E-state index is 12.7. The average molecular weight is 388 g/mol. The summed E-state index contributed by atoms with van der Waals surface area (Å²) >= 11 is 0. The Bertz CT molecular complexity index is 758. The SMILES string of the molecule is O=C(CN1CCN(C(=O)[C@@H]2COc3ccccc3O2)CC1)NC(=O)NC1CC1. The summed E-state index contributed by atoms with van der Waals surface area (Å²) in [7, 11) is 0. The van der Waals surface area contributed by atoms with Crippen LogP contribution in [0.3, 0.4) is 0 Å². The molecule has 1 aliphatic carbocycles. The van der Waals surface area contributed by atoms with Gasteiger partial charge < -0.3 is 19.7 Å². The van der Waals surface area contributed by atoms with Gasteiger partial charge in [0.1, 0.15) is 6.61 Å². The predicted octanol–water partition coefficient (Wildman–Crippen LogP) is -0.0412. The molecule has 0 aromatic heterocycles. The molecule has 1 aromatic rings. The van der Waals surface area contributed by atoms with E-state index in [0.29, 0.717) is 37.7 Å². The van der Waals surface area contributed by atoms with Crippen LogP contribution in [-0.4, -0.2) is 79.1 Å².